The zero-order valence-corrected chi connectivity index (χ0v) is 11.7. The molecule has 0 radical (unpaired) electrons. The Morgan fingerprint density at radius 1 is 1.10 bits per heavy atom. The van der Waals surface area contributed by atoms with E-state index >= 15 is 0 Å². The predicted octanol–water partition coefficient (Wildman–Crippen LogP) is 3.55. The molecule has 2 rings (SSSR count). The molecule has 0 heterocycles. The molecule has 0 aliphatic heterocycles. The predicted molar refractivity (Wildman–Crippen MR) is 79.2 cm³/mol. The van der Waals surface area contributed by atoms with Gasteiger partial charge in [0.15, 0.2) is 0 Å². The Bertz CT molecular complexity index is 722. The lowest BCUT2D eigenvalue weighted by Gasteiger charge is -2.04. The average Bonchev–Trinajstić information content (AvgIpc) is 2.37. The largest absolute Gasteiger partial charge is 0.280 e. The van der Waals surface area contributed by atoms with Gasteiger partial charge in [0.1, 0.15) is 5.82 Å². The minimum atomic E-state index is -3.66. The van der Waals surface area contributed by atoms with Crippen LogP contribution in [0.25, 0.3) is 6.08 Å². The quantitative estimate of drug-likeness (QED) is 0.936. The van der Waals surface area contributed by atoms with Gasteiger partial charge in [-0.25, -0.2) is 12.8 Å². The molecule has 2 aromatic rings. The number of anilines is 1. The van der Waals surface area contributed by atoms with Gasteiger partial charge in [0, 0.05) is 0 Å². The minimum Gasteiger partial charge on any atom is -0.280 e. The molecule has 1 N–H and O–H groups in total. The zero-order chi connectivity index (χ0) is 14.6. The van der Waals surface area contributed by atoms with Crippen molar-refractivity contribution < 1.29 is 12.8 Å². The number of aryl methyl sites for hydroxylation is 1. The highest BCUT2D eigenvalue weighted by atomic mass is 32.2. The lowest BCUT2D eigenvalue weighted by atomic mass is 10.2. The van der Waals surface area contributed by atoms with Crippen molar-refractivity contribution in [2.24, 2.45) is 0 Å². The maximum atomic E-state index is 13.0. The van der Waals surface area contributed by atoms with Crippen molar-refractivity contribution in [1.29, 1.82) is 0 Å². The number of hydrogen-bond donors (Lipinski definition) is 1. The molecule has 0 amide bonds. The third-order valence-electron chi connectivity index (χ3n) is 2.60. The molecular formula is C15H14FNO2S. The number of hydrogen-bond acceptors (Lipinski definition) is 2. The molecule has 20 heavy (non-hydrogen) atoms. The van der Waals surface area contributed by atoms with Gasteiger partial charge in [-0.05, 0) is 36.8 Å². The molecule has 0 saturated heterocycles. The van der Waals surface area contributed by atoms with E-state index in [0.29, 0.717) is 0 Å². The lowest BCUT2D eigenvalue weighted by Crippen LogP contribution is -2.08. The molecule has 2 aromatic carbocycles. The van der Waals surface area contributed by atoms with Crippen LogP contribution in [-0.2, 0) is 10.0 Å². The first-order valence-electron chi connectivity index (χ1n) is 5.98. The van der Waals surface area contributed by atoms with E-state index in [4.69, 9.17) is 0 Å². The van der Waals surface area contributed by atoms with E-state index < -0.39 is 15.8 Å². The van der Waals surface area contributed by atoms with Gasteiger partial charge >= 0.3 is 0 Å². The van der Waals surface area contributed by atoms with Gasteiger partial charge in [0.25, 0.3) is 10.0 Å². The van der Waals surface area contributed by atoms with Crippen molar-refractivity contribution in [3.05, 3.63) is 70.9 Å². The van der Waals surface area contributed by atoms with Crippen LogP contribution in [0.2, 0.25) is 0 Å². The molecule has 5 heteroatoms. The van der Waals surface area contributed by atoms with Crippen LogP contribution >= 0.6 is 0 Å². The molecule has 0 aliphatic carbocycles. The third kappa shape index (κ3) is 4.20. The normalized spacial score (nSPS) is 11.7. The number of halogens is 1. The Kier molecular flexibility index (Phi) is 4.20. The van der Waals surface area contributed by atoms with E-state index in [1.165, 1.54) is 24.3 Å². The summed E-state index contributed by atoms with van der Waals surface area (Å²) in [6.45, 7) is 1.95. The van der Waals surface area contributed by atoms with E-state index in [2.05, 4.69) is 4.72 Å². The van der Waals surface area contributed by atoms with Crippen LogP contribution in [0.15, 0.2) is 53.9 Å². The Hall–Kier alpha value is -2.14. The summed E-state index contributed by atoms with van der Waals surface area (Å²) in [5.74, 6) is -0.493. The Balaban J connectivity index is 2.13. The maximum Gasteiger partial charge on any atom is 0.255 e. The molecule has 0 saturated carbocycles. The standard InChI is InChI=1S/C15H14FNO2S/c1-12-5-7-13(8-6-12)9-10-20(18,19)17-15-4-2-3-14(16)11-15/h2-11,17H,1H3. The van der Waals surface area contributed by atoms with Crippen molar-refractivity contribution in [3.8, 4) is 0 Å². The van der Waals surface area contributed by atoms with E-state index in [0.717, 1.165) is 22.6 Å². The molecular weight excluding hydrogens is 277 g/mol. The van der Waals surface area contributed by atoms with E-state index in [1.807, 2.05) is 31.2 Å². The zero-order valence-electron chi connectivity index (χ0n) is 10.9. The van der Waals surface area contributed by atoms with Gasteiger partial charge in [0.2, 0.25) is 0 Å². The Labute approximate surface area is 117 Å². The maximum absolute atomic E-state index is 13.0. The summed E-state index contributed by atoms with van der Waals surface area (Å²) in [6, 6.07) is 12.7. The fourth-order valence-corrected chi connectivity index (χ4v) is 2.46. The van der Waals surface area contributed by atoms with Gasteiger partial charge in [-0.1, -0.05) is 35.9 Å². The highest BCUT2D eigenvalue weighted by molar-refractivity contribution is 7.95. The van der Waals surface area contributed by atoms with Gasteiger partial charge in [0.05, 0.1) is 11.1 Å². The molecule has 0 bridgehead atoms. The van der Waals surface area contributed by atoms with Gasteiger partial charge in [-0.2, -0.15) is 0 Å². The van der Waals surface area contributed by atoms with Crippen LogP contribution in [0.5, 0.6) is 0 Å². The second kappa shape index (κ2) is 5.88. The monoisotopic (exact) mass is 291 g/mol. The van der Waals surface area contributed by atoms with Crippen LogP contribution in [0.1, 0.15) is 11.1 Å². The van der Waals surface area contributed by atoms with Crippen LogP contribution in [0, 0.1) is 12.7 Å². The molecule has 0 spiro atoms. The molecule has 104 valence electrons. The molecule has 3 nitrogen and oxygen atoms in total. The van der Waals surface area contributed by atoms with E-state index in [-0.39, 0.29) is 5.69 Å². The van der Waals surface area contributed by atoms with Gasteiger partial charge in [-0.15, -0.1) is 0 Å². The molecule has 0 fully saturated rings. The molecule has 0 aliphatic rings. The van der Waals surface area contributed by atoms with Crippen LogP contribution in [0.3, 0.4) is 0 Å². The summed E-state index contributed by atoms with van der Waals surface area (Å²) in [4.78, 5) is 0. The smallest absolute Gasteiger partial charge is 0.255 e. The topological polar surface area (TPSA) is 46.2 Å². The van der Waals surface area contributed by atoms with Crippen molar-refractivity contribution in [2.75, 3.05) is 4.72 Å². The van der Waals surface area contributed by atoms with E-state index in [1.54, 1.807) is 0 Å². The summed E-state index contributed by atoms with van der Waals surface area (Å²) in [5.41, 5.74) is 2.07. The summed E-state index contributed by atoms with van der Waals surface area (Å²) < 4.78 is 38.9. The molecule has 0 atom stereocenters. The van der Waals surface area contributed by atoms with Crippen LogP contribution in [0.4, 0.5) is 10.1 Å². The van der Waals surface area contributed by atoms with Gasteiger partial charge in [-0.3, -0.25) is 4.72 Å². The lowest BCUT2D eigenvalue weighted by molar-refractivity contribution is 0.609. The third-order valence-corrected chi connectivity index (χ3v) is 3.62. The second-order valence-corrected chi connectivity index (χ2v) is 5.94. The van der Waals surface area contributed by atoms with Crippen LogP contribution < -0.4 is 4.72 Å². The van der Waals surface area contributed by atoms with Crippen molar-refractivity contribution in [2.45, 2.75) is 6.92 Å². The Morgan fingerprint density at radius 2 is 1.80 bits per heavy atom. The fraction of sp³-hybridized carbons (Fsp3) is 0.0667. The van der Waals surface area contributed by atoms with Crippen molar-refractivity contribution in [3.63, 3.8) is 0 Å². The second-order valence-electron chi connectivity index (χ2n) is 4.37. The summed E-state index contributed by atoms with van der Waals surface area (Å²) in [7, 11) is -3.66. The number of benzene rings is 2. The van der Waals surface area contributed by atoms with Crippen molar-refractivity contribution >= 4 is 21.8 Å². The average molecular weight is 291 g/mol. The number of nitrogens with one attached hydrogen (secondary N) is 1. The number of rotatable bonds is 4. The summed E-state index contributed by atoms with van der Waals surface area (Å²) in [6.07, 6.45) is 1.49. The minimum absolute atomic E-state index is 0.193. The fourth-order valence-electron chi connectivity index (χ4n) is 1.60. The van der Waals surface area contributed by atoms with Gasteiger partial charge < -0.3 is 0 Å². The highest BCUT2D eigenvalue weighted by Crippen LogP contribution is 2.13. The van der Waals surface area contributed by atoms with Crippen molar-refractivity contribution in [1.82, 2.24) is 0 Å². The van der Waals surface area contributed by atoms with Crippen LogP contribution in [-0.4, -0.2) is 8.42 Å². The van der Waals surface area contributed by atoms with E-state index in [9.17, 15) is 12.8 Å². The Morgan fingerprint density at radius 3 is 2.45 bits per heavy atom. The first-order valence-corrected chi connectivity index (χ1v) is 7.52. The number of sulfonamides is 1. The molecule has 0 unspecified atom stereocenters. The summed E-state index contributed by atoms with van der Waals surface area (Å²) >= 11 is 0. The SMILES string of the molecule is Cc1ccc(C=CS(=O)(=O)Nc2cccc(F)c2)cc1. The first kappa shape index (κ1) is 14.3. The molecule has 0 aromatic heterocycles. The highest BCUT2D eigenvalue weighted by Gasteiger charge is 2.05. The summed E-state index contributed by atoms with van der Waals surface area (Å²) in [5, 5.41) is 1.06. The first-order chi connectivity index (χ1) is 9.44.